The fourth-order valence-electron chi connectivity index (χ4n) is 4.49. The van der Waals surface area contributed by atoms with E-state index >= 15 is 0 Å². The highest BCUT2D eigenvalue weighted by Gasteiger charge is 2.36. The first kappa shape index (κ1) is 26.4. The fourth-order valence-corrected chi connectivity index (χ4v) is 6.56. The summed E-state index contributed by atoms with van der Waals surface area (Å²) in [4.78, 5) is 18.7. The number of aromatic nitrogens is 1. The first-order chi connectivity index (χ1) is 16.9. The summed E-state index contributed by atoms with van der Waals surface area (Å²) in [5.74, 6) is -0.652. The Labute approximate surface area is 210 Å². The van der Waals surface area contributed by atoms with E-state index in [9.17, 15) is 31.5 Å². The van der Waals surface area contributed by atoms with E-state index in [2.05, 4.69) is 9.71 Å². The monoisotopic (exact) mass is 544 g/mol. The van der Waals surface area contributed by atoms with Gasteiger partial charge in [-0.1, -0.05) is 29.6 Å². The van der Waals surface area contributed by atoms with Gasteiger partial charge in [0.2, 0.25) is 5.91 Å². The molecule has 4 rings (SSSR count). The van der Waals surface area contributed by atoms with Crippen LogP contribution in [0.15, 0.2) is 47.0 Å². The molecule has 1 aliphatic heterocycles. The van der Waals surface area contributed by atoms with E-state index in [4.69, 9.17) is 5.73 Å². The normalized spacial score (nSPS) is 20.4. The number of piperidine rings is 1. The van der Waals surface area contributed by atoms with E-state index in [-0.39, 0.29) is 61.1 Å². The number of alkyl halides is 3. The zero-order chi connectivity index (χ0) is 26.1. The summed E-state index contributed by atoms with van der Waals surface area (Å²) in [7, 11) is -3.94. The zero-order valence-electron chi connectivity index (χ0n) is 19.3. The molecule has 1 amide bonds. The Kier molecular flexibility index (Phi) is 7.35. The number of nitrogens with one attached hydrogen (secondary N) is 1. The van der Waals surface area contributed by atoms with Crippen LogP contribution < -0.4 is 10.5 Å². The number of aliphatic hydroxyl groups is 1. The minimum absolute atomic E-state index is 0.0106. The summed E-state index contributed by atoms with van der Waals surface area (Å²) >= 11 is 1.19. The van der Waals surface area contributed by atoms with Crippen LogP contribution in [0, 0.1) is 5.92 Å². The van der Waals surface area contributed by atoms with Crippen LogP contribution in [0.3, 0.4) is 0 Å². The van der Waals surface area contributed by atoms with Gasteiger partial charge in [-0.25, -0.2) is 13.4 Å². The summed E-state index contributed by atoms with van der Waals surface area (Å²) in [6.45, 7) is 0.519. The number of rotatable bonds is 7. The molecule has 8 nitrogen and oxygen atoms in total. The smallest absolute Gasteiger partial charge is 0.389 e. The van der Waals surface area contributed by atoms with Gasteiger partial charge in [0.25, 0.3) is 10.0 Å². The van der Waals surface area contributed by atoms with Crippen LogP contribution in [-0.4, -0.2) is 54.2 Å². The van der Waals surface area contributed by atoms with E-state index in [0.717, 1.165) is 0 Å². The lowest BCUT2D eigenvalue weighted by atomic mass is 9.85. The summed E-state index contributed by atoms with van der Waals surface area (Å²) in [6, 6.07) is 4.80. The van der Waals surface area contributed by atoms with Crippen LogP contribution in [0.1, 0.15) is 38.5 Å². The third-order valence-electron chi connectivity index (χ3n) is 6.47. The number of thiazole rings is 1. The van der Waals surface area contributed by atoms with Crippen molar-refractivity contribution in [1.82, 2.24) is 14.6 Å². The van der Waals surface area contributed by atoms with E-state index in [1.807, 2.05) is 0 Å². The number of para-hydroxylation sites is 1. The number of likely N-dealkylation sites (tertiary alicyclic amines) is 1. The summed E-state index contributed by atoms with van der Waals surface area (Å²) < 4.78 is 66.2. The second-order valence-electron chi connectivity index (χ2n) is 9.14. The van der Waals surface area contributed by atoms with E-state index in [0.29, 0.717) is 15.9 Å². The van der Waals surface area contributed by atoms with Gasteiger partial charge in [-0.15, -0.1) is 0 Å². The third kappa shape index (κ3) is 6.19. The van der Waals surface area contributed by atoms with Gasteiger partial charge < -0.3 is 15.7 Å². The lowest BCUT2D eigenvalue weighted by Gasteiger charge is -2.39. The number of carbonyl (C=O) groups excluding carboxylic acids is 1. The SMILES string of the molecule is Nc1nc2c(S(=O)(=O)NC3=CCC(C(=O)N4CCC(O)(CCCC(F)(F)F)CC4)C=C3)cccc2s1. The highest BCUT2D eigenvalue weighted by atomic mass is 32.2. The standard InChI is InChI=1S/C23H27F3N4O4S2/c24-23(25,26)10-2-9-22(32)11-13-30(14-12-22)20(31)15-5-7-16(8-6-15)29-36(33,34)18-4-1-3-17-19(18)28-21(27)35-17/h1,3-5,7-8,15,29,32H,2,6,9-14H2,(H2,27,28). The van der Waals surface area contributed by atoms with Gasteiger partial charge >= 0.3 is 6.18 Å². The Bertz CT molecular complexity index is 1300. The molecule has 1 aromatic carbocycles. The van der Waals surface area contributed by atoms with Crippen molar-refractivity contribution in [3.8, 4) is 0 Å². The number of fused-ring (bicyclic) bond motifs is 1. The molecule has 0 bridgehead atoms. The van der Waals surface area contributed by atoms with E-state index in [1.54, 1.807) is 29.2 Å². The molecule has 0 spiro atoms. The second-order valence-corrected chi connectivity index (χ2v) is 11.9. The number of allylic oxidation sites excluding steroid dienone is 2. The number of nitrogen functional groups attached to an aromatic ring is 1. The van der Waals surface area contributed by atoms with E-state index in [1.165, 1.54) is 23.5 Å². The predicted molar refractivity (Wildman–Crippen MR) is 130 cm³/mol. The molecular weight excluding hydrogens is 517 g/mol. The molecule has 2 aliphatic rings. The number of sulfonamides is 1. The van der Waals surface area contributed by atoms with Gasteiger partial charge in [-0.3, -0.25) is 9.52 Å². The number of hydrogen-bond acceptors (Lipinski definition) is 7. The molecule has 1 aromatic heterocycles. The maximum absolute atomic E-state index is 13.0. The molecule has 1 aliphatic carbocycles. The van der Waals surface area contributed by atoms with Crippen LogP contribution >= 0.6 is 11.3 Å². The van der Waals surface area contributed by atoms with Crippen LogP contribution in [0.5, 0.6) is 0 Å². The molecule has 2 heterocycles. The summed E-state index contributed by atoms with van der Waals surface area (Å²) in [5.41, 5.74) is 5.16. The molecule has 1 saturated heterocycles. The Morgan fingerprint density at radius 1 is 1.31 bits per heavy atom. The molecular formula is C23H27F3N4O4S2. The van der Waals surface area contributed by atoms with Crippen molar-refractivity contribution in [2.75, 3.05) is 18.8 Å². The number of hydrogen-bond donors (Lipinski definition) is 3. The predicted octanol–water partition coefficient (Wildman–Crippen LogP) is 3.70. The maximum Gasteiger partial charge on any atom is 0.389 e. The van der Waals surface area contributed by atoms with Crippen LogP contribution in [0.4, 0.5) is 18.3 Å². The first-order valence-corrected chi connectivity index (χ1v) is 13.8. The maximum atomic E-state index is 13.0. The van der Waals surface area contributed by atoms with Crippen molar-refractivity contribution in [2.24, 2.45) is 5.92 Å². The van der Waals surface area contributed by atoms with E-state index < -0.39 is 34.1 Å². The molecule has 1 atom stereocenters. The molecule has 13 heteroatoms. The average Bonchev–Trinajstić information content (AvgIpc) is 3.18. The Balaban J connectivity index is 1.32. The fraction of sp³-hybridized carbons (Fsp3) is 0.478. The third-order valence-corrected chi connectivity index (χ3v) is 8.73. The van der Waals surface area contributed by atoms with Gasteiger partial charge in [-0.2, -0.15) is 13.2 Å². The van der Waals surface area contributed by atoms with Crippen LogP contribution in [-0.2, 0) is 14.8 Å². The molecule has 2 aromatic rings. The Hall–Kier alpha value is -2.64. The minimum Gasteiger partial charge on any atom is -0.390 e. The van der Waals surface area contributed by atoms with Crippen molar-refractivity contribution in [3.05, 3.63) is 42.1 Å². The van der Waals surface area contributed by atoms with Crippen molar-refractivity contribution in [3.63, 3.8) is 0 Å². The highest BCUT2D eigenvalue weighted by molar-refractivity contribution is 7.89. The topological polar surface area (TPSA) is 126 Å². The summed E-state index contributed by atoms with van der Waals surface area (Å²) in [6.07, 6.45) is 0.252. The van der Waals surface area contributed by atoms with Gasteiger partial charge in [0.1, 0.15) is 10.4 Å². The summed E-state index contributed by atoms with van der Waals surface area (Å²) in [5, 5.41) is 10.8. The minimum atomic E-state index is -4.25. The largest absolute Gasteiger partial charge is 0.390 e. The van der Waals surface area contributed by atoms with Crippen molar-refractivity contribution < 1.29 is 31.5 Å². The van der Waals surface area contributed by atoms with Gasteiger partial charge in [0, 0.05) is 25.2 Å². The average molecular weight is 545 g/mol. The van der Waals surface area contributed by atoms with Crippen LogP contribution in [0.2, 0.25) is 0 Å². The number of nitrogens with zero attached hydrogens (tertiary/aromatic N) is 2. The molecule has 4 N–H and O–H groups in total. The van der Waals surface area contributed by atoms with Crippen molar-refractivity contribution in [1.29, 1.82) is 0 Å². The van der Waals surface area contributed by atoms with Gasteiger partial charge in [0.05, 0.1) is 16.2 Å². The molecule has 0 saturated carbocycles. The quantitative estimate of drug-likeness (QED) is 0.488. The molecule has 1 fully saturated rings. The number of benzene rings is 1. The number of nitrogens with two attached hydrogens (primary N) is 1. The molecule has 1 unspecified atom stereocenters. The first-order valence-electron chi connectivity index (χ1n) is 11.5. The second kappa shape index (κ2) is 10.0. The van der Waals surface area contributed by atoms with Gasteiger partial charge in [-0.05, 0) is 50.3 Å². The Morgan fingerprint density at radius 3 is 2.67 bits per heavy atom. The number of amides is 1. The number of halogens is 3. The van der Waals surface area contributed by atoms with Crippen molar-refractivity contribution >= 4 is 42.6 Å². The molecule has 196 valence electrons. The van der Waals surface area contributed by atoms with Crippen LogP contribution in [0.25, 0.3) is 10.2 Å². The van der Waals surface area contributed by atoms with Crippen molar-refractivity contribution in [2.45, 2.75) is 55.2 Å². The lowest BCUT2D eigenvalue weighted by Crippen LogP contribution is -2.48. The number of carbonyl (C=O) groups is 1. The Morgan fingerprint density at radius 2 is 2.03 bits per heavy atom. The zero-order valence-corrected chi connectivity index (χ0v) is 20.9. The van der Waals surface area contributed by atoms with Gasteiger partial charge in [0.15, 0.2) is 5.13 Å². The number of anilines is 1. The highest BCUT2D eigenvalue weighted by Crippen LogP contribution is 2.32. The lowest BCUT2D eigenvalue weighted by molar-refractivity contribution is -0.141. The molecule has 0 radical (unpaired) electrons. The molecule has 36 heavy (non-hydrogen) atoms.